The summed E-state index contributed by atoms with van der Waals surface area (Å²) >= 11 is 0. The fraction of sp³-hybridized carbons (Fsp3) is 0.409. The number of hydrogen-bond donors (Lipinski definition) is 0. The molecule has 0 amide bonds. The molecule has 0 radical (unpaired) electrons. The third-order valence-electron chi connectivity index (χ3n) is 5.16. The summed E-state index contributed by atoms with van der Waals surface area (Å²) in [6, 6.07) is 9.34. The molecule has 1 aromatic carbocycles. The van der Waals surface area contributed by atoms with Gasteiger partial charge < -0.3 is 18.7 Å². The smallest absolute Gasteiger partial charge is 0.475 e. The molecule has 8 nitrogen and oxygen atoms in total. The third kappa shape index (κ3) is 6.20. The van der Waals surface area contributed by atoms with Gasteiger partial charge in [-0.05, 0) is 43.1 Å². The van der Waals surface area contributed by atoms with Crippen molar-refractivity contribution in [1.29, 1.82) is 0 Å². The number of ether oxygens (including phenoxy) is 3. The number of rotatable bonds is 9. The Morgan fingerprint density at radius 2 is 1.94 bits per heavy atom. The number of hydrogen-bond acceptors (Lipinski definition) is 8. The number of pyridine rings is 1. The lowest BCUT2D eigenvalue weighted by atomic mass is 10.1. The van der Waals surface area contributed by atoms with Crippen LogP contribution in [0.4, 0.5) is 13.2 Å². The highest BCUT2D eigenvalue weighted by Gasteiger charge is 2.32. The minimum atomic E-state index is -4.70. The van der Waals surface area contributed by atoms with E-state index in [0.717, 1.165) is 24.9 Å². The average molecular weight is 464 g/mol. The van der Waals surface area contributed by atoms with Gasteiger partial charge in [0, 0.05) is 31.5 Å². The average Bonchev–Trinajstić information content (AvgIpc) is 3.44. The van der Waals surface area contributed by atoms with Gasteiger partial charge in [0.2, 0.25) is 17.6 Å². The number of benzene rings is 1. The molecule has 176 valence electrons. The first kappa shape index (κ1) is 23.0. The lowest BCUT2D eigenvalue weighted by Crippen LogP contribution is -2.23. The molecule has 1 saturated heterocycles. The van der Waals surface area contributed by atoms with Crippen molar-refractivity contribution in [1.82, 2.24) is 20.0 Å². The van der Waals surface area contributed by atoms with Crippen LogP contribution in [0.5, 0.6) is 11.6 Å². The fourth-order valence-electron chi connectivity index (χ4n) is 3.64. The largest absolute Gasteiger partial charge is 0.573 e. The molecule has 3 aromatic rings. The molecule has 11 heteroatoms. The van der Waals surface area contributed by atoms with E-state index < -0.39 is 6.36 Å². The minimum Gasteiger partial charge on any atom is -0.475 e. The molecule has 0 aliphatic carbocycles. The maximum atomic E-state index is 12.3. The van der Waals surface area contributed by atoms with Crippen LogP contribution in [0.2, 0.25) is 0 Å². The first-order valence-electron chi connectivity index (χ1n) is 10.4. The summed E-state index contributed by atoms with van der Waals surface area (Å²) in [5.74, 6) is 1.17. The summed E-state index contributed by atoms with van der Waals surface area (Å²) in [7, 11) is 1.60. The predicted molar refractivity (Wildman–Crippen MR) is 110 cm³/mol. The molecule has 1 fully saturated rings. The van der Waals surface area contributed by atoms with Gasteiger partial charge in [0.15, 0.2) is 0 Å². The Labute approximate surface area is 188 Å². The van der Waals surface area contributed by atoms with Crippen LogP contribution in [0.25, 0.3) is 11.4 Å². The molecular formula is C22H23F3N4O4. The van der Waals surface area contributed by atoms with Crippen LogP contribution < -0.4 is 9.47 Å². The van der Waals surface area contributed by atoms with Gasteiger partial charge in [-0.2, -0.15) is 4.98 Å². The van der Waals surface area contributed by atoms with Crippen molar-refractivity contribution in [2.75, 3.05) is 26.9 Å². The van der Waals surface area contributed by atoms with Gasteiger partial charge in [-0.25, -0.2) is 4.98 Å². The molecule has 0 unspecified atom stereocenters. The Hall–Kier alpha value is -3.18. The molecule has 0 spiro atoms. The maximum Gasteiger partial charge on any atom is 0.573 e. The minimum absolute atomic E-state index is 0.0676. The predicted octanol–water partition coefficient (Wildman–Crippen LogP) is 4.39. The molecule has 1 aliphatic heterocycles. The Balaban J connectivity index is 1.39. The van der Waals surface area contributed by atoms with E-state index in [1.807, 2.05) is 0 Å². The quantitative estimate of drug-likeness (QED) is 0.431. The van der Waals surface area contributed by atoms with Crippen molar-refractivity contribution < 1.29 is 31.9 Å². The maximum absolute atomic E-state index is 12.3. The first-order chi connectivity index (χ1) is 15.9. The van der Waals surface area contributed by atoms with E-state index in [1.165, 1.54) is 12.1 Å². The Bertz CT molecular complexity index is 1030. The molecule has 3 heterocycles. The van der Waals surface area contributed by atoms with E-state index >= 15 is 0 Å². The zero-order valence-electron chi connectivity index (χ0n) is 17.9. The van der Waals surface area contributed by atoms with Crippen molar-refractivity contribution in [3.8, 4) is 23.0 Å². The summed E-state index contributed by atoms with van der Waals surface area (Å²) in [6.07, 6.45) is -1.29. The second-order valence-corrected chi connectivity index (χ2v) is 7.50. The monoisotopic (exact) mass is 464 g/mol. The van der Waals surface area contributed by atoms with Crippen LogP contribution in [-0.2, 0) is 11.3 Å². The van der Waals surface area contributed by atoms with Gasteiger partial charge in [0.05, 0.1) is 12.6 Å². The van der Waals surface area contributed by atoms with Gasteiger partial charge in [0.1, 0.15) is 12.4 Å². The Morgan fingerprint density at radius 3 is 2.64 bits per heavy atom. The Kier molecular flexibility index (Phi) is 7.09. The van der Waals surface area contributed by atoms with Crippen molar-refractivity contribution in [3.05, 3.63) is 54.0 Å². The molecule has 0 saturated carbocycles. The van der Waals surface area contributed by atoms with Crippen LogP contribution >= 0.6 is 0 Å². The molecule has 4 rings (SSSR count). The molecule has 33 heavy (non-hydrogen) atoms. The van der Waals surface area contributed by atoms with Gasteiger partial charge in [-0.1, -0.05) is 17.3 Å². The van der Waals surface area contributed by atoms with E-state index in [1.54, 1.807) is 37.6 Å². The highest BCUT2D eigenvalue weighted by Crippen LogP contribution is 2.33. The molecule has 0 N–H and O–H groups in total. The molecule has 0 bridgehead atoms. The SMILES string of the molecule is COCCOc1ccc(-c2noc([C@@H]3CCCN3Cc3ccc(OC(F)(F)F)cc3)n2)cn1. The molecule has 1 atom stereocenters. The van der Waals surface area contributed by atoms with Crippen LogP contribution in [0, 0.1) is 0 Å². The second-order valence-electron chi connectivity index (χ2n) is 7.50. The second kappa shape index (κ2) is 10.2. The van der Waals surface area contributed by atoms with Gasteiger partial charge in [-0.3, -0.25) is 4.90 Å². The normalized spacial score (nSPS) is 16.8. The van der Waals surface area contributed by atoms with E-state index in [4.69, 9.17) is 14.0 Å². The number of halogens is 3. The van der Waals surface area contributed by atoms with Gasteiger partial charge >= 0.3 is 6.36 Å². The van der Waals surface area contributed by atoms with Crippen LogP contribution in [0.15, 0.2) is 47.1 Å². The van der Waals surface area contributed by atoms with E-state index in [0.29, 0.717) is 42.9 Å². The summed E-state index contributed by atoms with van der Waals surface area (Å²) in [5.41, 5.74) is 1.57. The van der Waals surface area contributed by atoms with E-state index in [2.05, 4.69) is 24.8 Å². The molecule has 2 aromatic heterocycles. The van der Waals surface area contributed by atoms with Gasteiger partial charge in [0.25, 0.3) is 0 Å². The van der Waals surface area contributed by atoms with E-state index in [-0.39, 0.29) is 11.8 Å². The fourth-order valence-corrected chi connectivity index (χ4v) is 3.64. The van der Waals surface area contributed by atoms with Crippen molar-refractivity contribution in [3.63, 3.8) is 0 Å². The molecular weight excluding hydrogens is 441 g/mol. The summed E-state index contributed by atoms with van der Waals surface area (Å²) in [4.78, 5) is 11.0. The number of alkyl halides is 3. The standard InChI is InChI=1S/C22H23F3N4O4/c1-30-11-12-31-19-9-6-16(13-26-19)20-27-21(33-28-20)18-3-2-10-29(18)14-15-4-7-17(8-5-15)32-22(23,24)25/h4-9,13,18H,2-3,10-12,14H2,1H3/t18-/m0/s1. The van der Waals surface area contributed by atoms with Gasteiger partial charge in [-0.15, -0.1) is 13.2 Å². The van der Waals surface area contributed by atoms with Crippen LogP contribution in [0.3, 0.4) is 0 Å². The van der Waals surface area contributed by atoms with Crippen LogP contribution in [0.1, 0.15) is 30.3 Å². The van der Waals surface area contributed by atoms with E-state index in [9.17, 15) is 13.2 Å². The number of nitrogens with zero attached hydrogens (tertiary/aromatic N) is 4. The zero-order valence-corrected chi connectivity index (χ0v) is 17.9. The highest BCUT2D eigenvalue weighted by atomic mass is 19.4. The summed E-state index contributed by atoms with van der Waals surface area (Å²) < 4.78 is 56.9. The molecule has 1 aliphatic rings. The summed E-state index contributed by atoms with van der Waals surface area (Å²) in [5, 5.41) is 4.09. The van der Waals surface area contributed by atoms with Crippen LogP contribution in [-0.4, -0.2) is 53.3 Å². The topological polar surface area (TPSA) is 82.7 Å². The number of aromatic nitrogens is 3. The number of methoxy groups -OCH3 is 1. The Morgan fingerprint density at radius 1 is 1.12 bits per heavy atom. The van der Waals surface area contributed by atoms with Crippen molar-refractivity contribution in [2.24, 2.45) is 0 Å². The van der Waals surface area contributed by atoms with Crippen molar-refractivity contribution >= 4 is 0 Å². The lowest BCUT2D eigenvalue weighted by Gasteiger charge is -2.21. The zero-order chi connectivity index (χ0) is 23.3. The first-order valence-corrected chi connectivity index (χ1v) is 10.4. The highest BCUT2D eigenvalue weighted by molar-refractivity contribution is 5.53. The summed E-state index contributed by atoms with van der Waals surface area (Å²) in [6.45, 7) is 2.24. The number of likely N-dealkylation sites (tertiary alicyclic amines) is 1. The third-order valence-corrected chi connectivity index (χ3v) is 5.16. The van der Waals surface area contributed by atoms with Crippen molar-refractivity contribution in [2.45, 2.75) is 31.8 Å². The lowest BCUT2D eigenvalue weighted by molar-refractivity contribution is -0.274.